The van der Waals surface area contributed by atoms with E-state index in [1.54, 1.807) is 12.3 Å². The number of anilines is 1. The minimum Gasteiger partial charge on any atom is -0.366 e. The lowest BCUT2D eigenvalue weighted by Crippen LogP contribution is -2.03. The van der Waals surface area contributed by atoms with Gasteiger partial charge in [0.05, 0.1) is 5.69 Å². The van der Waals surface area contributed by atoms with Crippen molar-refractivity contribution in [3.05, 3.63) is 65.3 Å². The van der Waals surface area contributed by atoms with E-state index >= 15 is 0 Å². The second kappa shape index (κ2) is 5.93. The van der Waals surface area contributed by atoms with E-state index in [-0.39, 0.29) is 0 Å². The number of aryl methyl sites for hydroxylation is 1. The van der Waals surface area contributed by atoms with Crippen molar-refractivity contribution < 1.29 is 0 Å². The van der Waals surface area contributed by atoms with Crippen molar-refractivity contribution in [1.29, 1.82) is 0 Å². The molecule has 0 aliphatic carbocycles. The van der Waals surface area contributed by atoms with Crippen LogP contribution in [0.5, 0.6) is 0 Å². The van der Waals surface area contributed by atoms with Gasteiger partial charge in [-0.05, 0) is 30.7 Å². The Morgan fingerprint density at radius 2 is 2.00 bits per heavy atom. The summed E-state index contributed by atoms with van der Waals surface area (Å²) in [4.78, 5) is 8.32. The highest BCUT2D eigenvalue weighted by Gasteiger charge is 2.01. The molecule has 3 aromatic rings. The summed E-state index contributed by atoms with van der Waals surface area (Å²) in [6, 6.07) is 11.8. The first-order valence-corrected chi connectivity index (χ1v) is 6.92. The molecule has 1 aromatic carbocycles. The van der Waals surface area contributed by atoms with Gasteiger partial charge in [0, 0.05) is 25.0 Å². The average molecular weight is 300 g/mol. The Hall–Kier alpha value is -2.40. The van der Waals surface area contributed by atoms with Crippen LogP contribution in [0.2, 0.25) is 5.15 Å². The van der Waals surface area contributed by atoms with Crippen molar-refractivity contribution in [1.82, 2.24) is 19.7 Å². The lowest BCUT2D eigenvalue weighted by Gasteiger charge is -2.08. The molecule has 0 bridgehead atoms. The van der Waals surface area contributed by atoms with E-state index in [1.807, 2.05) is 36.0 Å². The van der Waals surface area contributed by atoms with Gasteiger partial charge in [0.25, 0.3) is 0 Å². The van der Waals surface area contributed by atoms with Gasteiger partial charge in [-0.15, -0.1) is 0 Å². The van der Waals surface area contributed by atoms with Gasteiger partial charge in [0.1, 0.15) is 16.8 Å². The van der Waals surface area contributed by atoms with Gasteiger partial charge in [0.15, 0.2) is 0 Å². The molecule has 2 aromatic heterocycles. The van der Waals surface area contributed by atoms with Gasteiger partial charge in [0.2, 0.25) is 0 Å². The fourth-order valence-corrected chi connectivity index (χ4v) is 2.23. The summed E-state index contributed by atoms with van der Waals surface area (Å²) in [5, 5.41) is 7.88. The fourth-order valence-electron chi connectivity index (χ4n) is 2.00. The maximum absolute atomic E-state index is 5.91. The Labute approximate surface area is 127 Å². The first-order chi connectivity index (χ1) is 10.2. The maximum Gasteiger partial charge on any atom is 0.134 e. The molecule has 0 saturated heterocycles. The summed E-state index contributed by atoms with van der Waals surface area (Å²) in [6.45, 7) is 2.49. The van der Waals surface area contributed by atoms with E-state index in [9.17, 15) is 0 Å². The van der Waals surface area contributed by atoms with Crippen LogP contribution < -0.4 is 5.32 Å². The highest BCUT2D eigenvalue weighted by molar-refractivity contribution is 6.29. The number of hydrogen-bond acceptors (Lipinski definition) is 4. The van der Waals surface area contributed by atoms with E-state index in [0.717, 1.165) is 17.1 Å². The maximum atomic E-state index is 5.91. The predicted molar refractivity (Wildman–Crippen MR) is 82.7 cm³/mol. The summed E-state index contributed by atoms with van der Waals surface area (Å²) >= 11 is 5.91. The van der Waals surface area contributed by atoms with E-state index in [4.69, 9.17) is 11.6 Å². The molecule has 0 saturated carbocycles. The number of aromatic nitrogens is 4. The monoisotopic (exact) mass is 299 g/mol. The van der Waals surface area contributed by atoms with Crippen molar-refractivity contribution in [2.24, 2.45) is 0 Å². The van der Waals surface area contributed by atoms with E-state index in [1.165, 1.54) is 0 Å². The average Bonchev–Trinajstić information content (AvgIpc) is 2.99. The number of rotatable bonds is 4. The minimum atomic E-state index is 0.444. The van der Waals surface area contributed by atoms with Gasteiger partial charge >= 0.3 is 0 Å². The minimum absolute atomic E-state index is 0.444. The Bertz CT molecular complexity index is 702. The normalized spacial score (nSPS) is 10.6. The van der Waals surface area contributed by atoms with Crippen LogP contribution in [-0.4, -0.2) is 19.7 Å². The quantitative estimate of drug-likeness (QED) is 0.751. The van der Waals surface area contributed by atoms with Crippen LogP contribution in [0.3, 0.4) is 0 Å². The smallest absolute Gasteiger partial charge is 0.134 e. The van der Waals surface area contributed by atoms with Crippen molar-refractivity contribution in [3.8, 4) is 5.69 Å². The van der Waals surface area contributed by atoms with Gasteiger partial charge in [-0.1, -0.05) is 23.7 Å². The molecule has 0 fully saturated rings. The van der Waals surface area contributed by atoms with Crippen LogP contribution in [0.15, 0.2) is 48.8 Å². The van der Waals surface area contributed by atoms with Crippen molar-refractivity contribution in [2.75, 3.05) is 5.32 Å². The second-order valence-corrected chi connectivity index (χ2v) is 4.98. The van der Waals surface area contributed by atoms with Gasteiger partial charge in [-0.3, -0.25) is 0 Å². The highest BCUT2D eigenvalue weighted by atomic mass is 35.5. The predicted octanol–water partition coefficient (Wildman–Crippen LogP) is 3.24. The molecule has 5 nitrogen and oxygen atoms in total. The van der Waals surface area contributed by atoms with Gasteiger partial charge in [-0.25, -0.2) is 14.6 Å². The van der Waals surface area contributed by atoms with Crippen LogP contribution in [-0.2, 0) is 6.54 Å². The van der Waals surface area contributed by atoms with E-state index in [2.05, 4.69) is 32.5 Å². The first kappa shape index (κ1) is 13.6. The summed E-state index contributed by atoms with van der Waals surface area (Å²) in [7, 11) is 0. The molecule has 0 atom stereocenters. The third kappa shape index (κ3) is 3.38. The zero-order chi connectivity index (χ0) is 14.7. The Balaban J connectivity index is 1.68. The number of benzene rings is 1. The van der Waals surface area contributed by atoms with Crippen LogP contribution in [0.25, 0.3) is 5.69 Å². The van der Waals surface area contributed by atoms with Gasteiger partial charge < -0.3 is 5.32 Å². The van der Waals surface area contributed by atoms with Crippen LogP contribution in [0.4, 0.5) is 5.82 Å². The number of nitrogens with one attached hydrogen (secondary N) is 1. The Kier molecular flexibility index (Phi) is 3.83. The summed E-state index contributed by atoms with van der Waals surface area (Å²) < 4.78 is 1.82. The summed E-state index contributed by atoms with van der Waals surface area (Å²) in [5.41, 5.74) is 2.18. The SMILES string of the molecule is Cc1nc(Cl)cc(NCc2ccc(-n3cccn3)cc2)n1. The lowest BCUT2D eigenvalue weighted by molar-refractivity contribution is 0.879. The molecule has 21 heavy (non-hydrogen) atoms. The molecule has 0 aliphatic heterocycles. The number of nitrogens with zero attached hydrogens (tertiary/aromatic N) is 4. The van der Waals surface area contributed by atoms with Crippen LogP contribution >= 0.6 is 11.6 Å². The summed E-state index contributed by atoms with van der Waals surface area (Å²) in [5.74, 6) is 1.38. The molecule has 0 aliphatic rings. The molecular weight excluding hydrogens is 286 g/mol. The van der Waals surface area contributed by atoms with Crippen LogP contribution in [0.1, 0.15) is 11.4 Å². The third-order valence-electron chi connectivity index (χ3n) is 2.99. The number of halogens is 1. The molecule has 6 heteroatoms. The largest absolute Gasteiger partial charge is 0.366 e. The number of hydrogen-bond donors (Lipinski definition) is 1. The second-order valence-electron chi connectivity index (χ2n) is 4.59. The van der Waals surface area contributed by atoms with Crippen molar-refractivity contribution in [2.45, 2.75) is 13.5 Å². The highest BCUT2D eigenvalue weighted by Crippen LogP contribution is 2.13. The van der Waals surface area contributed by atoms with Gasteiger partial charge in [-0.2, -0.15) is 5.10 Å². The molecule has 0 unspecified atom stereocenters. The van der Waals surface area contributed by atoms with E-state index < -0.39 is 0 Å². The van der Waals surface area contributed by atoms with E-state index in [0.29, 0.717) is 17.5 Å². The third-order valence-corrected chi connectivity index (χ3v) is 3.18. The first-order valence-electron chi connectivity index (χ1n) is 6.55. The molecular formula is C15H14ClN5. The topological polar surface area (TPSA) is 55.6 Å². The standard InChI is InChI=1S/C15H14ClN5/c1-11-19-14(16)9-15(20-11)17-10-12-3-5-13(6-4-12)21-8-2-7-18-21/h2-9H,10H2,1H3,(H,17,19,20). The molecule has 0 amide bonds. The molecule has 0 spiro atoms. The molecule has 106 valence electrons. The molecule has 2 heterocycles. The van der Waals surface area contributed by atoms with Crippen molar-refractivity contribution >= 4 is 17.4 Å². The lowest BCUT2D eigenvalue weighted by atomic mass is 10.2. The zero-order valence-corrected chi connectivity index (χ0v) is 12.2. The Morgan fingerprint density at radius 1 is 1.19 bits per heavy atom. The molecule has 0 radical (unpaired) electrons. The fraction of sp³-hybridized carbons (Fsp3) is 0.133. The summed E-state index contributed by atoms with van der Waals surface area (Å²) in [6.07, 6.45) is 3.68. The van der Waals surface area contributed by atoms with Crippen molar-refractivity contribution in [3.63, 3.8) is 0 Å². The Morgan fingerprint density at radius 3 is 2.67 bits per heavy atom. The zero-order valence-electron chi connectivity index (χ0n) is 11.5. The molecule has 1 N–H and O–H groups in total. The molecule has 3 rings (SSSR count). The van der Waals surface area contributed by atoms with Crippen LogP contribution in [0, 0.1) is 6.92 Å².